The van der Waals surface area contributed by atoms with Crippen LogP contribution in [0, 0.1) is 5.92 Å². The number of carbonyl (C=O) groups excluding carboxylic acids is 1. The van der Waals surface area contributed by atoms with Gasteiger partial charge in [0.1, 0.15) is 0 Å². The smallest absolute Gasteiger partial charge is 0.223 e. The average Bonchev–Trinajstić information content (AvgIpc) is 2.94. The zero-order valence-electron chi connectivity index (χ0n) is 15.8. The fraction of sp³-hybridized carbons (Fsp3) is 0.409. The van der Waals surface area contributed by atoms with E-state index in [-0.39, 0.29) is 0 Å². The topological polar surface area (TPSA) is 20.3 Å². The van der Waals surface area contributed by atoms with E-state index in [9.17, 15) is 4.79 Å². The predicted octanol–water partition coefficient (Wildman–Crippen LogP) is 4.43. The zero-order valence-corrected chi connectivity index (χ0v) is 16.8. The second-order valence-corrected chi connectivity index (χ2v) is 12.9. The van der Waals surface area contributed by atoms with E-state index in [1.54, 1.807) is 0 Å². The van der Waals surface area contributed by atoms with Crippen LogP contribution in [0.1, 0.15) is 25.8 Å². The SMILES string of the molecule is CC(C)[C@@H]1[C@H]([Si](C)(C)c2ccccc2)CC(=O)N1Cc1ccccc1. The lowest BCUT2D eigenvalue weighted by Gasteiger charge is -2.38. The second-order valence-electron chi connectivity index (χ2n) is 8.14. The van der Waals surface area contributed by atoms with Gasteiger partial charge in [0.25, 0.3) is 0 Å². The van der Waals surface area contributed by atoms with Crippen LogP contribution in [0.4, 0.5) is 0 Å². The summed E-state index contributed by atoms with van der Waals surface area (Å²) in [7, 11) is -1.74. The third-order valence-corrected chi connectivity index (χ3v) is 10.0. The van der Waals surface area contributed by atoms with Gasteiger partial charge in [-0.05, 0) is 17.0 Å². The molecule has 1 fully saturated rings. The van der Waals surface area contributed by atoms with Crippen molar-refractivity contribution < 1.29 is 4.79 Å². The lowest BCUT2D eigenvalue weighted by molar-refractivity contribution is -0.130. The third kappa shape index (κ3) is 3.57. The Morgan fingerprint density at radius 1 is 1.00 bits per heavy atom. The summed E-state index contributed by atoms with van der Waals surface area (Å²) in [4.78, 5) is 15.1. The number of hydrogen-bond donors (Lipinski definition) is 0. The highest BCUT2D eigenvalue weighted by Crippen LogP contribution is 2.42. The number of carbonyl (C=O) groups is 1. The Kier molecular flexibility index (Phi) is 5.14. The minimum absolute atomic E-state index is 0.323. The maximum Gasteiger partial charge on any atom is 0.223 e. The van der Waals surface area contributed by atoms with E-state index >= 15 is 0 Å². The van der Waals surface area contributed by atoms with Gasteiger partial charge in [-0.1, -0.05) is 92.8 Å². The van der Waals surface area contributed by atoms with Crippen LogP contribution in [0.25, 0.3) is 0 Å². The van der Waals surface area contributed by atoms with Crippen LogP contribution in [0.5, 0.6) is 0 Å². The minimum atomic E-state index is -1.74. The highest BCUT2D eigenvalue weighted by Gasteiger charge is 2.49. The van der Waals surface area contributed by atoms with E-state index in [4.69, 9.17) is 0 Å². The molecule has 0 aromatic heterocycles. The maximum atomic E-state index is 12.9. The van der Waals surface area contributed by atoms with Gasteiger partial charge < -0.3 is 4.90 Å². The van der Waals surface area contributed by atoms with E-state index in [2.05, 4.69) is 86.4 Å². The Hall–Kier alpha value is -1.87. The van der Waals surface area contributed by atoms with Crippen LogP contribution in [0.2, 0.25) is 18.6 Å². The van der Waals surface area contributed by atoms with E-state index in [0.29, 0.717) is 29.8 Å². The molecule has 25 heavy (non-hydrogen) atoms. The van der Waals surface area contributed by atoms with Crippen molar-refractivity contribution in [3.63, 3.8) is 0 Å². The molecule has 2 atom stereocenters. The molecule has 0 saturated carbocycles. The van der Waals surface area contributed by atoms with Gasteiger partial charge >= 0.3 is 0 Å². The van der Waals surface area contributed by atoms with Crippen molar-refractivity contribution in [2.75, 3.05) is 0 Å². The molecule has 0 N–H and O–H groups in total. The van der Waals surface area contributed by atoms with E-state index in [1.807, 2.05) is 6.07 Å². The fourth-order valence-electron chi connectivity index (χ4n) is 4.37. The summed E-state index contributed by atoms with van der Waals surface area (Å²) in [6.07, 6.45) is 0.698. The van der Waals surface area contributed by atoms with Gasteiger partial charge in [-0.3, -0.25) is 4.79 Å². The lowest BCUT2D eigenvalue weighted by atomic mass is 10.0. The number of likely N-dealkylation sites (tertiary alicyclic amines) is 1. The minimum Gasteiger partial charge on any atom is -0.335 e. The van der Waals surface area contributed by atoms with Gasteiger partial charge in [0.2, 0.25) is 5.91 Å². The Balaban J connectivity index is 1.91. The van der Waals surface area contributed by atoms with Gasteiger partial charge in [0.15, 0.2) is 0 Å². The van der Waals surface area contributed by atoms with E-state index in [0.717, 1.165) is 6.54 Å². The molecule has 1 aliphatic heterocycles. The van der Waals surface area contributed by atoms with Crippen LogP contribution in [-0.4, -0.2) is 24.9 Å². The van der Waals surface area contributed by atoms with Crippen LogP contribution in [0.3, 0.4) is 0 Å². The Morgan fingerprint density at radius 3 is 2.12 bits per heavy atom. The number of nitrogens with zero attached hydrogens (tertiary/aromatic N) is 1. The molecule has 1 saturated heterocycles. The van der Waals surface area contributed by atoms with Crippen molar-refractivity contribution in [3.05, 3.63) is 66.2 Å². The predicted molar refractivity (Wildman–Crippen MR) is 108 cm³/mol. The molecular formula is C22H29NOSi. The molecule has 3 rings (SSSR count). The summed E-state index contributed by atoms with van der Waals surface area (Å²) in [5, 5.41) is 1.46. The molecule has 0 unspecified atom stereocenters. The van der Waals surface area contributed by atoms with Crippen molar-refractivity contribution in [1.29, 1.82) is 0 Å². The standard InChI is InChI=1S/C22H29NOSi/c1-17(2)22-20(25(3,4)19-13-9-6-10-14-19)15-21(24)23(22)16-18-11-7-5-8-12-18/h5-14,17,20,22H,15-16H2,1-4H3/t20-,22-/m1/s1. The van der Waals surface area contributed by atoms with E-state index in [1.165, 1.54) is 10.8 Å². The first-order chi connectivity index (χ1) is 11.9. The summed E-state index contributed by atoms with van der Waals surface area (Å²) in [6, 6.07) is 21.6. The van der Waals surface area contributed by atoms with Gasteiger partial charge in [-0.2, -0.15) is 0 Å². The molecule has 2 aromatic carbocycles. The number of hydrogen-bond acceptors (Lipinski definition) is 1. The first-order valence-corrected chi connectivity index (χ1v) is 12.4. The van der Waals surface area contributed by atoms with Crippen molar-refractivity contribution in [2.24, 2.45) is 5.92 Å². The largest absolute Gasteiger partial charge is 0.335 e. The summed E-state index contributed by atoms with van der Waals surface area (Å²) in [5.41, 5.74) is 1.69. The lowest BCUT2D eigenvalue weighted by Crippen LogP contribution is -2.51. The Morgan fingerprint density at radius 2 is 1.56 bits per heavy atom. The summed E-state index contributed by atoms with van der Waals surface area (Å²) >= 11 is 0. The maximum absolute atomic E-state index is 12.9. The van der Waals surface area contributed by atoms with Crippen molar-refractivity contribution >= 4 is 19.2 Å². The van der Waals surface area contributed by atoms with Gasteiger partial charge in [0, 0.05) is 19.0 Å². The molecule has 0 spiro atoms. The van der Waals surface area contributed by atoms with Gasteiger partial charge in [0.05, 0.1) is 8.07 Å². The summed E-state index contributed by atoms with van der Waals surface area (Å²) in [5.74, 6) is 0.791. The van der Waals surface area contributed by atoms with Crippen LogP contribution in [0.15, 0.2) is 60.7 Å². The molecule has 0 radical (unpaired) electrons. The molecule has 0 aliphatic carbocycles. The van der Waals surface area contributed by atoms with Crippen LogP contribution < -0.4 is 5.19 Å². The molecule has 132 valence electrons. The molecule has 2 nitrogen and oxygen atoms in total. The Labute approximate surface area is 152 Å². The normalized spacial score (nSPS) is 21.2. The highest BCUT2D eigenvalue weighted by molar-refractivity contribution is 6.91. The first kappa shape index (κ1) is 17.9. The molecule has 1 heterocycles. The number of amides is 1. The van der Waals surface area contributed by atoms with Gasteiger partial charge in [-0.15, -0.1) is 0 Å². The molecule has 0 bridgehead atoms. The van der Waals surface area contributed by atoms with Crippen molar-refractivity contribution in [3.8, 4) is 0 Å². The molecule has 2 aromatic rings. The zero-order chi connectivity index (χ0) is 18.0. The average molecular weight is 352 g/mol. The number of rotatable bonds is 5. The molecule has 3 heteroatoms. The van der Waals surface area contributed by atoms with Crippen molar-refractivity contribution in [1.82, 2.24) is 4.90 Å². The third-order valence-electron chi connectivity index (χ3n) is 5.81. The fourth-order valence-corrected chi connectivity index (χ4v) is 7.95. The molecule has 1 amide bonds. The van der Waals surface area contributed by atoms with E-state index < -0.39 is 8.07 Å². The molecular weight excluding hydrogens is 322 g/mol. The highest BCUT2D eigenvalue weighted by atomic mass is 28.3. The Bertz CT molecular complexity index is 711. The quantitative estimate of drug-likeness (QED) is 0.730. The number of benzene rings is 2. The van der Waals surface area contributed by atoms with Crippen molar-refractivity contribution in [2.45, 2.75) is 51.5 Å². The molecule has 1 aliphatic rings. The summed E-state index contributed by atoms with van der Waals surface area (Å²) in [6.45, 7) is 10.1. The van der Waals surface area contributed by atoms with Gasteiger partial charge in [-0.25, -0.2) is 0 Å². The van der Waals surface area contributed by atoms with Crippen LogP contribution >= 0.6 is 0 Å². The second kappa shape index (κ2) is 7.16. The van der Waals surface area contributed by atoms with Crippen LogP contribution in [-0.2, 0) is 11.3 Å². The monoisotopic (exact) mass is 351 g/mol. The summed E-state index contributed by atoms with van der Waals surface area (Å²) < 4.78 is 0. The first-order valence-electron chi connectivity index (χ1n) is 9.30.